The van der Waals surface area contributed by atoms with E-state index in [-0.39, 0.29) is 18.7 Å². The van der Waals surface area contributed by atoms with E-state index in [1.165, 1.54) is 0 Å². The highest BCUT2D eigenvalue weighted by atomic mass is 16.7. The van der Waals surface area contributed by atoms with E-state index in [2.05, 4.69) is 10.3 Å². The van der Waals surface area contributed by atoms with Crippen molar-refractivity contribution in [3.8, 4) is 11.5 Å². The van der Waals surface area contributed by atoms with Crippen LogP contribution in [-0.4, -0.2) is 41.7 Å². The number of rotatable bonds is 4. The number of amides is 1. The van der Waals surface area contributed by atoms with Crippen LogP contribution in [0.5, 0.6) is 11.5 Å². The summed E-state index contributed by atoms with van der Waals surface area (Å²) in [6.07, 6.45) is 4.78. The Morgan fingerprint density at radius 3 is 2.96 bits per heavy atom. The Labute approximate surface area is 153 Å². The van der Waals surface area contributed by atoms with E-state index in [1.54, 1.807) is 12.3 Å². The minimum atomic E-state index is 0.0147. The molecule has 1 amide bonds. The standard InChI is InChI=1S/C20H23N3O3/c24-20(15-6-7-18-19(12-15)26-14-25-18)23(13-16-4-1-2-10-22-16)17-5-3-9-21-11-8-17/h1-2,4,6-7,10,12,17,21H,3,5,8-9,11,13-14H2. The number of carbonyl (C=O) groups is 1. The van der Waals surface area contributed by atoms with Gasteiger partial charge in [0.15, 0.2) is 11.5 Å². The minimum absolute atomic E-state index is 0.0147. The lowest BCUT2D eigenvalue weighted by atomic mass is 10.0. The molecule has 0 aliphatic carbocycles. The van der Waals surface area contributed by atoms with Crippen molar-refractivity contribution in [2.24, 2.45) is 0 Å². The molecule has 0 radical (unpaired) electrons. The number of fused-ring (bicyclic) bond motifs is 1. The zero-order valence-corrected chi connectivity index (χ0v) is 14.7. The van der Waals surface area contributed by atoms with Gasteiger partial charge in [0.05, 0.1) is 12.2 Å². The van der Waals surface area contributed by atoms with Crippen molar-refractivity contribution in [2.45, 2.75) is 31.8 Å². The normalized spacial score (nSPS) is 19.0. The fraction of sp³-hybridized carbons (Fsp3) is 0.400. The molecule has 2 aliphatic heterocycles. The Morgan fingerprint density at radius 1 is 1.15 bits per heavy atom. The van der Waals surface area contributed by atoms with Gasteiger partial charge in [0.2, 0.25) is 6.79 Å². The summed E-state index contributed by atoms with van der Waals surface area (Å²) in [4.78, 5) is 19.7. The SMILES string of the molecule is O=C(c1ccc2c(c1)OCO2)N(Cc1ccccn1)C1CCCNCC1. The Morgan fingerprint density at radius 2 is 2.08 bits per heavy atom. The van der Waals surface area contributed by atoms with Crippen LogP contribution in [0.4, 0.5) is 0 Å². The second-order valence-corrected chi connectivity index (χ2v) is 6.66. The molecule has 1 saturated heterocycles. The van der Waals surface area contributed by atoms with Gasteiger partial charge in [0.25, 0.3) is 5.91 Å². The van der Waals surface area contributed by atoms with Gasteiger partial charge < -0.3 is 19.7 Å². The van der Waals surface area contributed by atoms with E-state index in [1.807, 2.05) is 35.2 Å². The van der Waals surface area contributed by atoms with Gasteiger partial charge in [-0.2, -0.15) is 0 Å². The largest absolute Gasteiger partial charge is 0.454 e. The molecule has 26 heavy (non-hydrogen) atoms. The van der Waals surface area contributed by atoms with E-state index in [9.17, 15) is 4.79 Å². The zero-order valence-electron chi connectivity index (χ0n) is 14.7. The second kappa shape index (κ2) is 7.74. The van der Waals surface area contributed by atoms with Crippen molar-refractivity contribution < 1.29 is 14.3 Å². The van der Waals surface area contributed by atoms with E-state index < -0.39 is 0 Å². The number of carbonyl (C=O) groups excluding carboxylic acids is 1. The van der Waals surface area contributed by atoms with E-state index >= 15 is 0 Å². The third kappa shape index (κ3) is 3.65. The highest BCUT2D eigenvalue weighted by Gasteiger charge is 2.27. The maximum atomic E-state index is 13.3. The van der Waals surface area contributed by atoms with Gasteiger partial charge in [0, 0.05) is 17.8 Å². The summed E-state index contributed by atoms with van der Waals surface area (Å²) in [7, 11) is 0. The lowest BCUT2D eigenvalue weighted by Crippen LogP contribution is -2.40. The smallest absolute Gasteiger partial charge is 0.254 e. The summed E-state index contributed by atoms with van der Waals surface area (Å²) in [5, 5.41) is 3.42. The molecule has 2 aliphatic rings. The molecule has 4 rings (SSSR count). The number of ether oxygens (including phenoxy) is 2. The molecule has 1 fully saturated rings. The molecular formula is C20H23N3O3. The molecule has 1 aromatic carbocycles. The molecule has 1 N–H and O–H groups in total. The third-order valence-electron chi connectivity index (χ3n) is 4.92. The molecule has 136 valence electrons. The van der Waals surface area contributed by atoms with Crippen molar-refractivity contribution in [1.29, 1.82) is 0 Å². The fourth-order valence-corrected chi connectivity index (χ4v) is 3.54. The molecule has 3 heterocycles. The van der Waals surface area contributed by atoms with Gasteiger partial charge in [0.1, 0.15) is 0 Å². The van der Waals surface area contributed by atoms with E-state index in [4.69, 9.17) is 9.47 Å². The quantitative estimate of drug-likeness (QED) is 0.915. The van der Waals surface area contributed by atoms with Crippen LogP contribution in [0.1, 0.15) is 35.3 Å². The summed E-state index contributed by atoms with van der Waals surface area (Å²) in [5.74, 6) is 1.34. The molecule has 1 aromatic heterocycles. The number of benzene rings is 1. The maximum absolute atomic E-state index is 13.3. The van der Waals surface area contributed by atoms with Crippen molar-refractivity contribution >= 4 is 5.91 Å². The molecule has 0 saturated carbocycles. The Hall–Kier alpha value is -2.60. The van der Waals surface area contributed by atoms with Gasteiger partial charge in [-0.3, -0.25) is 9.78 Å². The van der Waals surface area contributed by atoms with Crippen LogP contribution in [0.2, 0.25) is 0 Å². The van der Waals surface area contributed by atoms with Crippen LogP contribution in [0.15, 0.2) is 42.6 Å². The van der Waals surface area contributed by atoms with Crippen LogP contribution in [0, 0.1) is 0 Å². The van der Waals surface area contributed by atoms with Crippen LogP contribution >= 0.6 is 0 Å². The molecule has 2 aromatic rings. The summed E-state index contributed by atoms with van der Waals surface area (Å²) < 4.78 is 10.8. The Balaban J connectivity index is 1.61. The third-order valence-corrected chi connectivity index (χ3v) is 4.92. The second-order valence-electron chi connectivity index (χ2n) is 6.66. The number of hydrogen-bond donors (Lipinski definition) is 1. The van der Waals surface area contributed by atoms with Gasteiger partial charge in [-0.05, 0) is 62.7 Å². The molecule has 1 unspecified atom stereocenters. The molecule has 0 spiro atoms. The highest BCUT2D eigenvalue weighted by molar-refractivity contribution is 5.95. The monoisotopic (exact) mass is 353 g/mol. The minimum Gasteiger partial charge on any atom is -0.454 e. The van der Waals surface area contributed by atoms with Crippen molar-refractivity contribution in [2.75, 3.05) is 19.9 Å². The first kappa shape index (κ1) is 16.8. The summed E-state index contributed by atoms with van der Waals surface area (Å²) in [6, 6.07) is 11.4. The van der Waals surface area contributed by atoms with Crippen molar-refractivity contribution in [3.05, 3.63) is 53.9 Å². The first-order valence-corrected chi connectivity index (χ1v) is 9.12. The van der Waals surface area contributed by atoms with Gasteiger partial charge >= 0.3 is 0 Å². The van der Waals surface area contributed by atoms with Crippen LogP contribution in [0.25, 0.3) is 0 Å². The Kier molecular flexibility index (Phi) is 5.02. The average molecular weight is 353 g/mol. The summed E-state index contributed by atoms with van der Waals surface area (Å²) in [5.41, 5.74) is 1.53. The molecule has 6 nitrogen and oxygen atoms in total. The number of pyridine rings is 1. The van der Waals surface area contributed by atoms with Crippen molar-refractivity contribution in [1.82, 2.24) is 15.2 Å². The molecule has 0 bridgehead atoms. The predicted molar refractivity (Wildman–Crippen MR) is 97.2 cm³/mol. The molecule has 6 heteroatoms. The fourth-order valence-electron chi connectivity index (χ4n) is 3.54. The van der Waals surface area contributed by atoms with Crippen LogP contribution in [0.3, 0.4) is 0 Å². The number of aromatic nitrogens is 1. The topological polar surface area (TPSA) is 63.7 Å². The lowest BCUT2D eigenvalue weighted by molar-refractivity contribution is 0.0642. The highest BCUT2D eigenvalue weighted by Crippen LogP contribution is 2.33. The first-order valence-electron chi connectivity index (χ1n) is 9.12. The predicted octanol–water partition coefficient (Wildman–Crippen LogP) is 2.59. The van der Waals surface area contributed by atoms with E-state index in [0.29, 0.717) is 23.6 Å². The van der Waals surface area contributed by atoms with Crippen LogP contribution < -0.4 is 14.8 Å². The lowest BCUT2D eigenvalue weighted by Gasteiger charge is -2.31. The van der Waals surface area contributed by atoms with Gasteiger partial charge in [-0.1, -0.05) is 6.07 Å². The molecular weight excluding hydrogens is 330 g/mol. The first-order chi connectivity index (χ1) is 12.8. The summed E-state index contributed by atoms with van der Waals surface area (Å²) >= 11 is 0. The molecule has 1 atom stereocenters. The Bertz CT molecular complexity index is 758. The average Bonchev–Trinajstić information content (AvgIpc) is 2.99. The van der Waals surface area contributed by atoms with Crippen LogP contribution in [-0.2, 0) is 6.54 Å². The number of nitrogens with zero attached hydrogens (tertiary/aromatic N) is 2. The van der Waals surface area contributed by atoms with Gasteiger partial charge in [-0.25, -0.2) is 0 Å². The van der Waals surface area contributed by atoms with Crippen molar-refractivity contribution in [3.63, 3.8) is 0 Å². The van der Waals surface area contributed by atoms with Gasteiger partial charge in [-0.15, -0.1) is 0 Å². The summed E-state index contributed by atoms with van der Waals surface area (Å²) in [6.45, 7) is 2.65. The number of hydrogen-bond acceptors (Lipinski definition) is 5. The zero-order chi connectivity index (χ0) is 17.8. The number of nitrogens with one attached hydrogen (secondary N) is 1. The van der Waals surface area contributed by atoms with E-state index in [0.717, 1.165) is 38.0 Å². The maximum Gasteiger partial charge on any atom is 0.254 e.